The molecule has 1 aliphatic heterocycles. The number of ether oxygens (including phenoxy) is 2. The molecule has 0 bridgehead atoms. The summed E-state index contributed by atoms with van der Waals surface area (Å²) in [6, 6.07) is 24.9. The number of thioether (sulfide) groups is 1. The predicted octanol–water partition coefficient (Wildman–Crippen LogP) is 6.96. The van der Waals surface area contributed by atoms with Crippen LogP contribution in [0.25, 0.3) is 23.0 Å². The van der Waals surface area contributed by atoms with Gasteiger partial charge in [0.2, 0.25) is 0 Å². The molecule has 0 spiro atoms. The van der Waals surface area contributed by atoms with Crippen molar-refractivity contribution in [3.63, 3.8) is 0 Å². The van der Waals surface area contributed by atoms with Crippen LogP contribution in [0.1, 0.15) is 44.4 Å². The molecule has 1 unspecified atom stereocenters. The lowest BCUT2D eigenvalue weighted by Gasteiger charge is -2.24. The zero-order valence-corrected chi connectivity index (χ0v) is 29.6. The summed E-state index contributed by atoms with van der Waals surface area (Å²) in [5.74, 6) is 0.829. The first-order valence-electron chi connectivity index (χ1n) is 16.1. The minimum absolute atomic E-state index is 0.0530. The number of hydrogen-bond donors (Lipinski definition) is 0. The number of para-hydroxylation sites is 1. The average Bonchev–Trinajstić information content (AvgIpc) is 3.67. The fourth-order valence-electron chi connectivity index (χ4n) is 5.59. The Hall–Kier alpha value is -4.93. The molecule has 0 N–H and O–H groups in total. The average molecular weight is 691 g/mol. The second-order valence-corrected chi connectivity index (χ2v) is 13.9. The lowest BCUT2D eigenvalue weighted by molar-refractivity contribution is -0.138. The third-order valence-corrected chi connectivity index (χ3v) is 9.87. The molecule has 3 aromatic carbocycles. The van der Waals surface area contributed by atoms with E-state index in [9.17, 15) is 9.59 Å². The molecular weight excluding hydrogens is 653 g/mol. The monoisotopic (exact) mass is 690 g/mol. The molecule has 0 radical (unpaired) electrons. The first-order chi connectivity index (χ1) is 23.8. The van der Waals surface area contributed by atoms with E-state index in [0.717, 1.165) is 45.1 Å². The number of carbonyl (C=O) groups is 1. The number of thiazole rings is 1. The van der Waals surface area contributed by atoms with Crippen molar-refractivity contribution in [2.45, 2.75) is 38.1 Å². The second-order valence-electron chi connectivity index (χ2n) is 12.0. The molecule has 1 atom stereocenters. The van der Waals surface area contributed by atoms with Gasteiger partial charge in [0.15, 0.2) is 4.80 Å². The third kappa shape index (κ3) is 7.40. The maximum Gasteiger partial charge on any atom is 0.338 e. The number of aromatic nitrogens is 3. The summed E-state index contributed by atoms with van der Waals surface area (Å²) in [5, 5.41) is 4.97. The molecule has 0 saturated heterocycles. The first kappa shape index (κ1) is 34.0. The summed E-state index contributed by atoms with van der Waals surface area (Å²) >= 11 is 2.91. The predicted molar refractivity (Wildman–Crippen MR) is 197 cm³/mol. The minimum atomic E-state index is -0.707. The lowest BCUT2D eigenvalue weighted by Crippen LogP contribution is -2.39. The SMILES string of the molecule is C=CCOC(=O)C1=C(C)N=c2sc(=Cc3cn(-c4ccccc4)nc3-c3ccc(OCCC(C)C)cc3)c(=O)n2C1c1ccc(SC)cc1. The summed E-state index contributed by atoms with van der Waals surface area (Å²) in [5.41, 5.74) is 4.64. The molecule has 0 saturated carbocycles. The highest BCUT2D eigenvalue weighted by Gasteiger charge is 2.33. The number of benzene rings is 3. The summed E-state index contributed by atoms with van der Waals surface area (Å²) in [6.07, 6.45) is 8.29. The van der Waals surface area contributed by atoms with E-state index < -0.39 is 12.0 Å². The fourth-order valence-corrected chi connectivity index (χ4v) is 7.04. The van der Waals surface area contributed by atoms with Gasteiger partial charge in [0.1, 0.15) is 18.1 Å². The summed E-state index contributed by atoms with van der Waals surface area (Å²) in [4.78, 5) is 34.1. The van der Waals surface area contributed by atoms with Gasteiger partial charge < -0.3 is 9.47 Å². The number of nitrogens with zero attached hydrogens (tertiary/aromatic N) is 4. The Morgan fingerprint density at radius 3 is 2.47 bits per heavy atom. The van der Waals surface area contributed by atoms with Crippen molar-refractivity contribution in [3.8, 4) is 22.7 Å². The van der Waals surface area contributed by atoms with E-state index in [4.69, 9.17) is 19.6 Å². The summed E-state index contributed by atoms with van der Waals surface area (Å²) in [6.45, 7) is 10.5. The van der Waals surface area contributed by atoms with Crippen LogP contribution < -0.4 is 19.6 Å². The molecule has 10 heteroatoms. The highest BCUT2D eigenvalue weighted by molar-refractivity contribution is 7.98. The number of rotatable bonds is 12. The Bertz CT molecular complexity index is 2180. The molecule has 3 heterocycles. The van der Waals surface area contributed by atoms with Gasteiger partial charge in [-0.3, -0.25) is 9.36 Å². The van der Waals surface area contributed by atoms with Crippen molar-refractivity contribution < 1.29 is 14.3 Å². The van der Waals surface area contributed by atoms with Gasteiger partial charge in [-0.15, -0.1) is 11.8 Å². The molecule has 6 rings (SSSR count). The van der Waals surface area contributed by atoms with E-state index in [1.165, 1.54) is 17.4 Å². The minimum Gasteiger partial charge on any atom is -0.494 e. The van der Waals surface area contributed by atoms with Gasteiger partial charge in [-0.25, -0.2) is 14.5 Å². The van der Waals surface area contributed by atoms with Gasteiger partial charge in [-0.2, -0.15) is 5.10 Å². The van der Waals surface area contributed by atoms with Gasteiger partial charge in [-0.05, 0) is 85.7 Å². The first-order valence-corrected chi connectivity index (χ1v) is 18.1. The topological polar surface area (TPSA) is 87.7 Å². The number of hydrogen-bond acceptors (Lipinski definition) is 8. The molecule has 2 aromatic heterocycles. The van der Waals surface area contributed by atoms with E-state index in [1.54, 1.807) is 23.3 Å². The van der Waals surface area contributed by atoms with E-state index in [1.807, 2.05) is 102 Å². The third-order valence-electron chi connectivity index (χ3n) is 8.15. The normalized spacial score (nSPS) is 14.5. The Morgan fingerprint density at radius 1 is 1.06 bits per heavy atom. The van der Waals surface area contributed by atoms with Crippen molar-refractivity contribution in [2.75, 3.05) is 19.5 Å². The van der Waals surface area contributed by atoms with Crippen LogP contribution in [0, 0.1) is 5.92 Å². The standard InChI is InChI=1S/C39H38N4O4S2/c1-6-21-47-38(45)34-26(4)40-39-43(36(34)28-14-18-32(48-5)19-15-28)37(44)33(49-39)23-29-24-42(30-10-8-7-9-11-30)41-35(29)27-12-16-31(17-13-27)46-22-20-25(2)3/h6-19,23-25,36H,1,20-22H2,2-5H3. The molecule has 0 amide bonds. The van der Waals surface area contributed by atoms with Crippen LogP contribution >= 0.6 is 23.1 Å². The van der Waals surface area contributed by atoms with Crippen LogP contribution in [-0.4, -0.2) is 39.8 Å². The van der Waals surface area contributed by atoms with Gasteiger partial charge in [-0.1, -0.05) is 68.2 Å². The van der Waals surface area contributed by atoms with Crippen LogP contribution in [0.2, 0.25) is 0 Å². The highest BCUT2D eigenvalue weighted by Crippen LogP contribution is 2.32. The fraction of sp³-hybridized carbons (Fsp3) is 0.231. The maximum absolute atomic E-state index is 14.4. The van der Waals surface area contributed by atoms with Gasteiger partial charge >= 0.3 is 5.97 Å². The van der Waals surface area contributed by atoms with Crippen LogP contribution in [0.3, 0.4) is 0 Å². The molecule has 0 aliphatic carbocycles. The van der Waals surface area contributed by atoms with E-state index >= 15 is 0 Å². The van der Waals surface area contributed by atoms with Crippen LogP contribution in [0.15, 0.2) is 124 Å². The van der Waals surface area contributed by atoms with Gasteiger partial charge in [0.25, 0.3) is 5.56 Å². The maximum atomic E-state index is 14.4. The zero-order chi connectivity index (χ0) is 34.5. The van der Waals surface area contributed by atoms with Crippen LogP contribution in [0.4, 0.5) is 0 Å². The van der Waals surface area contributed by atoms with E-state index in [2.05, 4.69) is 20.4 Å². The van der Waals surface area contributed by atoms with E-state index in [-0.39, 0.29) is 12.2 Å². The molecule has 0 fully saturated rings. The molecule has 49 heavy (non-hydrogen) atoms. The number of fused-ring (bicyclic) bond motifs is 1. The molecule has 250 valence electrons. The molecule has 5 aromatic rings. The smallest absolute Gasteiger partial charge is 0.338 e. The van der Waals surface area contributed by atoms with Crippen molar-refractivity contribution in [1.29, 1.82) is 0 Å². The number of allylic oxidation sites excluding steroid dienone is 1. The van der Waals surface area contributed by atoms with Crippen molar-refractivity contribution in [3.05, 3.63) is 140 Å². The lowest BCUT2D eigenvalue weighted by atomic mass is 9.96. The number of esters is 1. The zero-order valence-electron chi connectivity index (χ0n) is 28.0. The summed E-state index contributed by atoms with van der Waals surface area (Å²) in [7, 11) is 0. The van der Waals surface area contributed by atoms with Gasteiger partial charge in [0.05, 0.1) is 34.1 Å². The Balaban J connectivity index is 1.47. The Kier molecular flexibility index (Phi) is 10.5. The Morgan fingerprint density at radius 2 is 1.80 bits per heavy atom. The van der Waals surface area contributed by atoms with Crippen LogP contribution in [0.5, 0.6) is 5.75 Å². The Labute approximate surface area is 293 Å². The number of carbonyl (C=O) groups excluding carboxylic acids is 1. The molecule has 8 nitrogen and oxygen atoms in total. The van der Waals surface area contributed by atoms with Crippen LogP contribution in [-0.2, 0) is 9.53 Å². The second kappa shape index (κ2) is 15.1. The molecular formula is C39H38N4O4S2. The van der Waals surface area contributed by atoms with Crippen molar-refractivity contribution in [2.24, 2.45) is 10.9 Å². The quantitative estimate of drug-likeness (QED) is 0.0799. The van der Waals surface area contributed by atoms with E-state index in [0.29, 0.717) is 33.1 Å². The van der Waals surface area contributed by atoms with Crippen molar-refractivity contribution in [1.82, 2.24) is 14.3 Å². The van der Waals surface area contributed by atoms with Crippen molar-refractivity contribution >= 4 is 35.1 Å². The summed E-state index contributed by atoms with van der Waals surface area (Å²) < 4.78 is 15.3. The molecule has 1 aliphatic rings. The largest absolute Gasteiger partial charge is 0.494 e. The highest BCUT2D eigenvalue weighted by atomic mass is 32.2. The van der Waals surface area contributed by atoms with Gasteiger partial charge in [0, 0.05) is 22.2 Å².